The highest BCUT2D eigenvalue weighted by atomic mass is 35.5. The van der Waals surface area contributed by atoms with Crippen molar-refractivity contribution in [3.63, 3.8) is 0 Å². The van der Waals surface area contributed by atoms with Gasteiger partial charge in [0.1, 0.15) is 21.2 Å². The topological polar surface area (TPSA) is 56.8 Å². The Hall–Kier alpha value is -1.91. The van der Waals surface area contributed by atoms with Gasteiger partial charge in [-0.15, -0.1) is 0 Å². The van der Waals surface area contributed by atoms with E-state index in [0.717, 1.165) is 42.4 Å². The molecule has 4 atom stereocenters. The third-order valence-electron chi connectivity index (χ3n) is 7.63. The van der Waals surface area contributed by atoms with E-state index >= 15 is 0 Å². The molecule has 2 N–H and O–H groups in total. The number of nitrogens with two attached hydrogens (primary N) is 1. The van der Waals surface area contributed by atoms with Crippen molar-refractivity contribution in [2.75, 3.05) is 7.11 Å². The van der Waals surface area contributed by atoms with E-state index in [0.29, 0.717) is 10.9 Å². The number of ether oxygens (including phenoxy) is 2. The van der Waals surface area contributed by atoms with Crippen molar-refractivity contribution in [3.8, 4) is 11.1 Å². The Morgan fingerprint density at radius 1 is 1.19 bits per heavy atom. The molecule has 2 aliphatic carbocycles. The van der Waals surface area contributed by atoms with E-state index in [2.05, 4.69) is 25.1 Å². The van der Waals surface area contributed by atoms with Crippen molar-refractivity contribution in [3.05, 3.63) is 58.6 Å². The van der Waals surface area contributed by atoms with Gasteiger partial charge in [-0.2, -0.15) is 0 Å². The summed E-state index contributed by atoms with van der Waals surface area (Å²) in [4.78, 5) is 4.88. The van der Waals surface area contributed by atoms with Crippen LogP contribution in [0.25, 0.3) is 11.1 Å². The Morgan fingerprint density at radius 3 is 2.61 bits per heavy atom. The number of hydrogen-bond acceptors (Lipinski definition) is 4. The fourth-order valence-corrected chi connectivity index (χ4v) is 6.60. The summed E-state index contributed by atoms with van der Waals surface area (Å²) in [5.41, 5.74) is 9.10. The Bertz CT molecular complexity index is 1080. The second kappa shape index (κ2) is 7.05. The molecule has 4 nitrogen and oxygen atoms in total. The molecular formula is C24H25B2ClN2O2. The molecule has 5 rings (SSSR count). The number of methoxy groups -OCH3 is 1. The summed E-state index contributed by atoms with van der Waals surface area (Å²) in [6, 6.07) is 14.3. The fraction of sp³-hybridized carbons (Fsp3) is 0.458. The lowest BCUT2D eigenvalue weighted by Crippen LogP contribution is -2.60. The molecule has 0 aromatic heterocycles. The van der Waals surface area contributed by atoms with Crippen molar-refractivity contribution in [1.29, 1.82) is 0 Å². The van der Waals surface area contributed by atoms with Gasteiger partial charge in [-0.25, -0.2) is 4.99 Å². The van der Waals surface area contributed by atoms with Crippen LogP contribution in [0.1, 0.15) is 37.3 Å². The van der Waals surface area contributed by atoms with E-state index in [9.17, 15) is 0 Å². The molecule has 31 heavy (non-hydrogen) atoms. The van der Waals surface area contributed by atoms with Crippen LogP contribution in [-0.2, 0) is 21.4 Å². The number of halogens is 1. The van der Waals surface area contributed by atoms with Gasteiger partial charge in [0, 0.05) is 17.5 Å². The van der Waals surface area contributed by atoms with Crippen LogP contribution in [-0.4, -0.2) is 40.3 Å². The zero-order valence-electron chi connectivity index (χ0n) is 17.9. The lowest BCUT2D eigenvalue weighted by molar-refractivity contribution is -0.0559. The second-order valence-corrected chi connectivity index (χ2v) is 9.83. The van der Waals surface area contributed by atoms with Crippen LogP contribution in [0.4, 0.5) is 0 Å². The van der Waals surface area contributed by atoms with Gasteiger partial charge in [-0.1, -0.05) is 42.8 Å². The maximum absolute atomic E-state index is 6.66. The van der Waals surface area contributed by atoms with Crippen LogP contribution in [0.2, 0.25) is 5.02 Å². The van der Waals surface area contributed by atoms with E-state index in [1.807, 2.05) is 24.3 Å². The summed E-state index contributed by atoms with van der Waals surface area (Å²) in [6.45, 7) is 2.22. The SMILES string of the molecule is [B]C1([B])OC(N)=N[C@]12c1cc(-c3cccc(Cl)c3)ccc1C[C@]21CC[C@@H](OC)[C@H](C)C1. The average molecular weight is 431 g/mol. The molecule has 4 radical (unpaired) electrons. The minimum Gasteiger partial charge on any atom is -0.476 e. The summed E-state index contributed by atoms with van der Waals surface area (Å²) in [5.74, 6) is 0.338. The Labute approximate surface area is 191 Å². The third kappa shape index (κ3) is 2.91. The molecule has 156 valence electrons. The van der Waals surface area contributed by atoms with Crippen molar-refractivity contribution in [1.82, 2.24) is 0 Å². The average Bonchev–Trinajstić information content (AvgIpc) is 3.12. The third-order valence-corrected chi connectivity index (χ3v) is 7.86. The van der Waals surface area contributed by atoms with Crippen LogP contribution in [0, 0.1) is 11.3 Å². The van der Waals surface area contributed by atoms with E-state index in [1.54, 1.807) is 7.11 Å². The van der Waals surface area contributed by atoms with Gasteiger partial charge in [-0.05, 0) is 72.1 Å². The smallest absolute Gasteiger partial charge is 0.281 e. The zero-order chi connectivity index (χ0) is 22.0. The highest BCUT2D eigenvalue weighted by molar-refractivity contribution is 6.41. The van der Waals surface area contributed by atoms with E-state index < -0.39 is 10.9 Å². The first kappa shape index (κ1) is 21.0. The van der Waals surface area contributed by atoms with Crippen molar-refractivity contribution >= 4 is 33.3 Å². The molecule has 1 heterocycles. The monoisotopic (exact) mass is 430 g/mol. The van der Waals surface area contributed by atoms with E-state index in [1.165, 1.54) is 5.56 Å². The molecule has 1 saturated carbocycles. The lowest BCUT2D eigenvalue weighted by Gasteiger charge is -2.53. The normalized spacial score (nSPS) is 33.3. The summed E-state index contributed by atoms with van der Waals surface area (Å²) in [7, 11) is 15.1. The van der Waals surface area contributed by atoms with Gasteiger partial charge in [-0.3, -0.25) is 0 Å². The van der Waals surface area contributed by atoms with Crippen LogP contribution < -0.4 is 5.73 Å². The lowest BCUT2D eigenvalue weighted by atomic mass is 9.44. The van der Waals surface area contributed by atoms with Gasteiger partial charge in [0.2, 0.25) is 0 Å². The van der Waals surface area contributed by atoms with Gasteiger partial charge < -0.3 is 15.2 Å². The number of benzene rings is 2. The Kier molecular flexibility index (Phi) is 4.76. The largest absolute Gasteiger partial charge is 0.476 e. The number of aliphatic imine (C=N–C) groups is 1. The molecule has 0 bridgehead atoms. The number of rotatable bonds is 2. The standard InChI is InChI=1S/C24H25B2ClN2O2/c1-14-12-22(9-8-20(14)30-2)13-17-7-6-16(15-4-3-5-18(27)10-15)11-19(17)23(22)24(25,26)31-21(28)29-23/h3-7,10-11,14,20H,8-9,12-13H2,1-2H3,(H2,28,29)/t14-,20-,22-,23+/m1/s1. The molecule has 0 unspecified atom stereocenters. The summed E-state index contributed by atoms with van der Waals surface area (Å²) in [5, 5.41) is -0.844. The number of fused-ring (bicyclic) bond motifs is 3. The molecular weight excluding hydrogens is 405 g/mol. The van der Waals surface area contributed by atoms with Gasteiger partial charge in [0.05, 0.1) is 11.5 Å². The molecule has 3 aliphatic rings. The predicted octanol–water partition coefficient (Wildman–Crippen LogP) is 3.92. The maximum atomic E-state index is 6.66. The molecule has 1 fully saturated rings. The van der Waals surface area contributed by atoms with Crippen LogP contribution >= 0.6 is 11.6 Å². The van der Waals surface area contributed by atoms with Gasteiger partial charge in [0.25, 0.3) is 6.02 Å². The molecule has 2 aromatic rings. The number of nitrogens with zero attached hydrogens (tertiary/aromatic N) is 1. The van der Waals surface area contributed by atoms with Crippen molar-refractivity contribution in [2.24, 2.45) is 22.1 Å². The van der Waals surface area contributed by atoms with Crippen LogP contribution in [0.5, 0.6) is 0 Å². The summed E-state index contributed by atoms with van der Waals surface area (Å²) < 4.78 is 11.5. The second-order valence-electron chi connectivity index (χ2n) is 9.39. The molecule has 2 aromatic carbocycles. The fourth-order valence-electron chi connectivity index (χ4n) is 6.41. The summed E-state index contributed by atoms with van der Waals surface area (Å²) in [6.07, 6.45) is 3.72. The Balaban J connectivity index is 1.70. The predicted molar refractivity (Wildman–Crippen MR) is 125 cm³/mol. The maximum Gasteiger partial charge on any atom is 0.281 e. The summed E-state index contributed by atoms with van der Waals surface area (Å²) >= 11 is 6.25. The van der Waals surface area contributed by atoms with E-state index in [4.69, 9.17) is 47.5 Å². The number of amidine groups is 1. The zero-order valence-corrected chi connectivity index (χ0v) is 18.7. The van der Waals surface area contributed by atoms with Gasteiger partial charge in [0.15, 0.2) is 0 Å². The minimum atomic E-state index is -1.53. The van der Waals surface area contributed by atoms with Crippen molar-refractivity contribution in [2.45, 2.75) is 49.6 Å². The van der Waals surface area contributed by atoms with Crippen LogP contribution in [0.15, 0.2) is 47.5 Å². The van der Waals surface area contributed by atoms with Crippen LogP contribution in [0.3, 0.4) is 0 Å². The highest BCUT2D eigenvalue weighted by Gasteiger charge is 2.68. The first-order valence-corrected chi connectivity index (χ1v) is 11.1. The molecule has 0 saturated heterocycles. The minimum absolute atomic E-state index is 0.0481. The first-order valence-electron chi connectivity index (χ1n) is 10.8. The molecule has 1 aliphatic heterocycles. The molecule has 7 heteroatoms. The quantitative estimate of drug-likeness (QED) is 0.735. The first-order chi connectivity index (χ1) is 14.7. The Morgan fingerprint density at radius 2 is 1.97 bits per heavy atom. The van der Waals surface area contributed by atoms with Crippen molar-refractivity contribution < 1.29 is 9.47 Å². The number of hydrogen-bond donors (Lipinski definition) is 1. The van der Waals surface area contributed by atoms with Gasteiger partial charge >= 0.3 is 0 Å². The van der Waals surface area contributed by atoms with E-state index in [-0.39, 0.29) is 17.5 Å². The molecule has 0 amide bonds. The molecule has 2 spiro atoms. The highest BCUT2D eigenvalue weighted by Crippen LogP contribution is 2.65.